The fourth-order valence-electron chi connectivity index (χ4n) is 2.75. The van der Waals surface area contributed by atoms with E-state index in [1.165, 1.54) is 0 Å². The maximum atomic E-state index is 12.5. The van der Waals surface area contributed by atoms with Gasteiger partial charge in [-0.3, -0.25) is 19.8 Å². The Labute approximate surface area is 123 Å². The van der Waals surface area contributed by atoms with Gasteiger partial charge in [-0.1, -0.05) is 13.3 Å². The Morgan fingerprint density at radius 1 is 1.33 bits per heavy atom. The first kappa shape index (κ1) is 15.3. The van der Waals surface area contributed by atoms with E-state index in [9.17, 15) is 14.4 Å². The molecular weight excluding hydrogens is 272 g/mol. The fourth-order valence-corrected chi connectivity index (χ4v) is 2.75. The van der Waals surface area contributed by atoms with Crippen molar-refractivity contribution < 1.29 is 18.8 Å². The standard InChI is InChI=1S/C15H20N2O4/c1-5-6-11-13(18)16-15(20)17(14(11)19)9(3)12-7-8(2)21-10(12)4/h7,9,11H,5-6H2,1-4H3,(H,16,18,20). The number of urea groups is 1. The molecule has 1 fully saturated rings. The van der Waals surface area contributed by atoms with E-state index in [0.717, 1.165) is 16.2 Å². The van der Waals surface area contributed by atoms with Crippen molar-refractivity contribution in [3.63, 3.8) is 0 Å². The summed E-state index contributed by atoms with van der Waals surface area (Å²) in [6.45, 7) is 7.26. The Kier molecular flexibility index (Phi) is 4.16. The van der Waals surface area contributed by atoms with Crippen LogP contribution in [0.5, 0.6) is 0 Å². The van der Waals surface area contributed by atoms with Crippen molar-refractivity contribution in [3.8, 4) is 0 Å². The third-order valence-corrected chi connectivity index (χ3v) is 3.80. The number of amides is 4. The lowest BCUT2D eigenvalue weighted by Crippen LogP contribution is -2.58. The molecule has 1 aliphatic heterocycles. The molecule has 6 heteroatoms. The number of aryl methyl sites for hydroxylation is 2. The van der Waals surface area contributed by atoms with Gasteiger partial charge in [-0.25, -0.2) is 4.79 Å². The van der Waals surface area contributed by atoms with Crippen molar-refractivity contribution in [2.45, 2.75) is 46.6 Å². The van der Waals surface area contributed by atoms with Gasteiger partial charge in [-0.15, -0.1) is 0 Å². The highest BCUT2D eigenvalue weighted by Gasteiger charge is 2.42. The van der Waals surface area contributed by atoms with Gasteiger partial charge in [0.15, 0.2) is 0 Å². The molecule has 1 aromatic heterocycles. The smallest absolute Gasteiger partial charge is 0.331 e. The summed E-state index contributed by atoms with van der Waals surface area (Å²) in [4.78, 5) is 37.4. The Bertz CT molecular complexity index is 590. The molecule has 1 aliphatic rings. The van der Waals surface area contributed by atoms with Gasteiger partial charge in [-0.05, 0) is 33.3 Å². The first-order valence-corrected chi connectivity index (χ1v) is 7.11. The molecule has 0 spiro atoms. The van der Waals surface area contributed by atoms with Crippen LogP contribution in [-0.4, -0.2) is 22.7 Å². The van der Waals surface area contributed by atoms with Gasteiger partial charge in [0.1, 0.15) is 17.4 Å². The topological polar surface area (TPSA) is 79.6 Å². The van der Waals surface area contributed by atoms with Crippen LogP contribution in [-0.2, 0) is 9.59 Å². The zero-order chi connectivity index (χ0) is 15.7. The maximum Gasteiger partial charge on any atom is 0.331 e. The van der Waals surface area contributed by atoms with E-state index in [4.69, 9.17) is 4.42 Å². The summed E-state index contributed by atoms with van der Waals surface area (Å²) in [5, 5.41) is 2.27. The van der Waals surface area contributed by atoms with Gasteiger partial charge in [0.25, 0.3) is 0 Å². The number of imide groups is 2. The van der Waals surface area contributed by atoms with E-state index in [1.54, 1.807) is 13.8 Å². The SMILES string of the molecule is CCCC1C(=O)NC(=O)N(C(C)c2cc(C)oc2C)C1=O. The minimum Gasteiger partial charge on any atom is -0.466 e. The zero-order valence-corrected chi connectivity index (χ0v) is 12.7. The molecule has 114 valence electrons. The first-order chi connectivity index (χ1) is 9.86. The first-order valence-electron chi connectivity index (χ1n) is 7.11. The van der Waals surface area contributed by atoms with Crippen LogP contribution >= 0.6 is 0 Å². The number of nitrogens with zero attached hydrogens (tertiary/aromatic N) is 1. The molecule has 2 heterocycles. The van der Waals surface area contributed by atoms with Crippen LogP contribution in [0.2, 0.25) is 0 Å². The summed E-state index contributed by atoms with van der Waals surface area (Å²) in [5.41, 5.74) is 0.778. The molecule has 1 aromatic rings. The van der Waals surface area contributed by atoms with Crippen molar-refractivity contribution in [1.82, 2.24) is 10.2 Å². The van der Waals surface area contributed by atoms with E-state index in [2.05, 4.69) is 5.32 Å². The van der Waals surface area contributed by atoms with Gasteiger partial charge < -0.3 is 4.42 Å². The predicted molar refractivity (Wildman–Crippen MR) is 75.4 cm³/mol. The molecule has 2 atom stereocenters. The van der Waals surface area contributed by atoms with Crippen LogP contribution in [0.25, 0.3) is 0 Å². The van der Waals surface area contributed by atoms with Crippen LogP contribution < -0.4 is 5.32 Å². The number of nitrogens with one attached hydrogen (secondary N) is 1. The highest BCUT2D eigenvalue weighted by Crippen LogP contribution is 2.30. The Hall–Kier alpha value is -2.11. The number of hydrogen-bond donors (Lipinski definition) is 1. The van der Waals surface area contributed by atoms with E-state index in [-0.39, 0.29) is 0 Å². The summed E-state index contributed by atoms with van der Waals surface area (Å²) in [5.74, 6) is -0.333. The molecule has 6 nitrogen and oxygen atoms in total. The normalized spacial score (nSPS) is 20.7. The van der Waals surface area contributed by atoms with Crippen LogP contribution in [0, 0.1) is 19.8 Å². The quantitative estimate of drug-likeness (QED) is 0.864. The van der Waals surface area contributed by atoms with Crippen molar-refractivity contribution in [3.05, 3.63) is 23.2 Å². The minimum atomic E-state index is -0.788. The Balaban J connectivity index is 2.32. The predicted octanol–water partition coefficient (Wildman–Crippen LogP) is 2.45. The fraction of sp³-hybridized carbons (Fsp3) is 0.533. The summed E-state index contributed by atoms with van der Waals surface area (Å²) >= 11 is 0. The lowest BCUT2D eigenvalue weighted by atomic mass is 9.97. The molecule has 2 unspecified atom stereocenters. The molecule has 0 aliphatic carbocycles. The molecule has 0 bridgehead atoms. The van der Waals surface area contributed by atoms with Crippen LogP contribution in [0.1, 0.15) is 49.8 Å². The monoisotopic (exact) mass is 292 g/mol. The Morgan fingerprint density at radius 2 is 2.00 bits per heavy atom. The number of carbonyl (C=O) groups is 3. The number of rotatable bonds is 4. The van der Waals surface area contributed by atoms with Crippen LogP contribution in [0.15, 0.2) is 10.5 Å². The number of barbiturate groups is 1. The number of furan rings is 1. The highest BCUT2D eigenvalue weighted by molar-refractivity contribution is 6.16. The van der Waals surface area contributed by atoms with Gasteiger partial charge in [0.05, 0.1) is 6.04 Å². The maximum absolute atomic E-state index is 12.5. The van der Waals surface area contributed by atoms with E-state index in [1.807, 2.05) is 19.9 Å². The number of hydrogen-bond acceptors (Lipinski definition) is 4. The van der Waals surface area contributed by atoms with Crippen LogP contribution in [0.4, 0.5) is 4.79 Å². The second-order valence-corrected chi connectivity index (χ2v) is 5.39. The summed E-state index contributed by atoms with van der Waals surface area (Å²) in [6, 6.07) is 0.678. The van der Waals surface area contributed by atoms with Crippen molar-refractivity contribution in [2.75, 3.05) is 0 Å². The van der Waals surface area contributed by atoms with E-state index < -0.39 is 29.8 Å². The average molecular weight is 292 g/mol. The molecule has 0 radical (unpaired) electrons. The van der Waals surface area contributed by atoms with Crippen molar-refractivity contribution in [2.24, 2.45) is 5.92 Å². The van der Waals surface area contributed by atoms with E-state index >= 15 is 0 Å². The zero-order valence-electron chi connectivity index (χ0n) is 12.7. The summed E-state index contributed by atoms with van der Waals surface area (Å²) in [7, 11) is 0. The van der Waals surface area contributed by atoms with E-state index in [0.29, 0.717) is 18.6 Å². The van der Waals surface area contributed by atoms with Gasteiger partial charge >= 0.3 is 6.03 Å². The van der Waals surface area contributed by atoms with Crippen molar-refractivity contribution >= 4 is 17.8 Å². The highest BCUT2D eigenvalue weighted by atomic mass is 16.3. The molecule has 1 N–H and O–H groups in total. The molecule has 1 saturated heterocycles. The minimum absolute atomic E-state index is 0.434. The lowest BCUT2D eigenvalue weighted by molar-refractivity contribution is -0.144. The summed E-state index contributed by atoms with van der Waals surface area (Å²) < 4.78 is 5.46. The van der Waals surface area contributed by atoms with Gasteiger partial charge in [-0.2, -0.15) is 0 Å². The molecule has 0 saturated carbocycles. The second-order valence-electron chi connectivity index (χ2n) is 5.39. The van der Waals surface area contributed by atoms with Crippen LogP contribution in [0.3, 0.4) is 0 Å². The third kappa shape index (κ3) is 2.70. The second kappa shape index (κ2) is 5.71. The molecule has 2 rings (SSSR count). The van der Waals surface area contributed by atoms with Gasteiger partial charge in [0.2, 0.25) is 11.8 Å². The largest absolute Gasteiger partial charge is 0.466 e. The lowest BCUT2D eigenvalue weighted by Gasteiger charge is -2.34. The number of carbonyl (C=O) groups excluding carboxylic acids is 3. The van der Waals surface area contributed by atoms with Gasteiger partial charge in [0, 0.05) is 5.56 Å². The summed E-state index contributed by atoms with van der Waals surface area (Å²) in [6.07, 6.45) is 1.13. The molecular formula is C15H20N2O4. The Morgan fingerprint density at radius 3 is 2.52 bits per heavy atom. The average Bonchev–Trinajstić information content (AvgIpc) is 2.73. The molecule has 4 amide bonds. The molecule has 21 heavy (non-hydrogen) atoms. The van der Waals surface area contributed by atoms with Crippen molar-refractivity contribution in [1.29, 1.82) is 0 Å². The third-order valence-electron chi connectivity index (χ3n) is 3.80. The molecule has 0 aromatic carbocycles.